The van der Waals surface area contributed by atoms with E-state index >= 15 is 0 Å². The average Bonchev–Trinajstić information content (AvgIpc) is 2.84. The van der Waals surface area contributed by atoms with Crippen molar-refractivity contribution in [3.63, 3.8) is 0 Å². The van der Waals surface area contributed by atoms with E-state index < -0.39 is 11.5 Å². The predicted octanol–water partition coefficient (Wildman–Crippen LogP) is 4.77. The summed E-state index contributed by atoms with van der Waals surface area (Å²) in [5.74, 6) is -1.03. The summed E-state index contributed by atoms with van der Waals surface area (Å²) in [5.41, 5.74) is 5.13. The van der Waals surface area contributed by atoms with E-state index in [0.29, 0.717) is 16.7 Å². The molecule has 0 saturated heterocycles. The Bertz CT molecular complexity index is 1510. The number of hydrazone groups is 1. The van der Waals surface area contributed by atoms with Crippen LogP contribution in [0.25, 0.3) is 22.4 Å². The first-order valence-electron chi connectivity index (χ1n) is 9.99. The van der Waals surface area contributed by atoms with E-state index in [9.17, 15) is 20.0 Å². The molecule has 0 aliphatic carbocycles. The first-order valence-corrected chi connectivity index (χ1v) is 10.4. The summed E-state index contributed by atoms with van der Waals surface area (Å²) < 4.78 is 0. The SMILES string of the molecule is N#Cc1c(-c2ccccc2)nc(NN=Cc2ccccc2-c2ccc(C(=O)O)c(Cl)c2)[nH]c1=O. The number of carboxylic acids is 1. The molecule has 9 heteroatoms. The van der Waals surface area contributed by atoms with Crippen molar-refractivity contribution in [3.05, 3.63) is 105 Å². The van der Waals surface area contributed by atoms with Crippen LogP contribution in [0.3, 0.4) is 0 Å². The van der Waals surface area contributed by atoms with Gasteiger partial charge in [0.05, 0.1) is 22.5 Å². The van der Waals surface area contributed by atoms with E-state index in [1.807, 2.05) is 36.4 Å². The third kappa shape index (κ3) is 4.70. The summed E-state index contributed by atoms with van der Waals surface area (Å²) >= 11 is 6.12. The lowest BCUT2D eigenvalue weighted by molar-refractivity contribution is 0.0697. The minimum atomic E-state index is -1.10. The summed E-state index contributed by atoms with van der Waals surface area (Å²) in [7, 11) is 0. The molecule has 3 aromatic carbocycles. The number of aromatic nitrogens is 2. The highest BCUT2D eigenvalue weighted by atomic mass is 35.5. The molecule has 166 valence electrons. The highest BCUT2D eigenvalue weighted by Crippen LogP contribution is 2.28. The number of H-pyrrole nitrogens is 1. The maximum Gasteiger partial charge on any atom is 0.337 e. The number of carboxylic acid groups (broad SMARTS) is 1. The lowest BCUT2D eigenvalue weighted by Crippen LogP contribution is -2.16. The molecule has 0 bridgehead atoms. The van der Waals surface area contributed by atoms with Crippen LogP contribution in [-0.4, -0.2) is 27.3 Å². The molecule has 1 aromatic heterocycles. The molecule has 0 aliphatic rings. The van der Waals surface area contributed by atoms with Crippen molar-refractivity contribution >= 4 is 29.7 Å². The third-order valence-electron chi connectivity index (χ3n) is 4.92. The minimum absolute atomic E-state index is 0.0169. The molecule has 0 radical (unpaired) electrons. The Morgan fingerprint density at radius 3 is 2.53 bits per heavy atom. The average molecular weight is 470 g/mol. The maximum atomic E-state index is 12.4. The van der Waals surface area contributed by atoms with Crippen LogP contribution in [0.4, 0.5) is 5.95 Å². The van der Waals surface area contributed by atoms with Crippen LogP contribution in [0.1, 0.15) is 21.5 Å². The Morgan fingerprint density at radius 2 is 1.82 bits per heavy atom. The highest BCUT2D eigenvalue weighted by Gasteiger charge is 2.13. The summed E-state index contributed by atoms with van der Waals surface area (Å²) in [6.07, 6.45) is 1.54. The molecule has 34 heavy (non-hydrogen) atoms. The van der Waals surface area contributed by atoms with Gasteiger partial charge < -0.3 is 5.11 Å². The standard InChI is InChI=1S/C25H16ClN5O3/c26-21-12-16(10-11-19(21)24(33)34)18-9-5-4-8-17(18)14-28-31-25-29-22(15-6-2-1-3-7-15)20(13-27)23(32)30-25/h1-12,14H,(H,33,34)(H2,29,30,31,32). The number of nitrogens with zero attached hydrogens (tertiary/aromatic N) is 3. The zero-order chi connectivity index (χ0) is 24.1. The molecule has 0 spiro atoms. The van der Waals surface area contributed by atoms with Crippen molar-refractivity contribution in [1.29, 1.82) is 5.26 Å². The molecule has 8 nitrogen and oxygen atoms in total. The second-order valence-electron chi connectivity index (χ2n) is 7.07. The number of aromatic carboxylic acids is 1. The van der Waals surface area contributed by atoms with Gasteiger partial charge in [-0.05, 0) is 23.3 Å². The van der Waals surface area contributed by atoms with Gasteiger partial charge in [-0.25, -0.2) is 15.2 Å². The number of nitriles is 1. The van der Waals surface area contributed by atoms with Gasteiger partial charge in [0, 0.05) is 11.1 Å². The van der Waals surface area contributed by atoms with E-state index in [1.165, 1.54) is 12.3 Å². The lowest BCUT2D eigenvalue weighted by atomic mass is 9.99. The number of hydrogen-bond acceptors (Lipinski definition) is 6. The molecule has 4 rings (SSSR count). The summed E-state index contributed by atoms with van der Waals surface area (Å²) in [6.45, 7) is 0. The van der Waals surface area contributed by atoms with Gasteiger partial charge in [0.1, 0.15) is 11.6 Å². The zero-order valence-corrected chi connectivity index (χ0v) is 18.2. The molecule has 0 saturated carbocycles. The highest BCUT2D eigenvalue weighted by molar-refractivity contribution is 6.33. The Labute approximate surface area is 198 Å². The first-order chi connectivity index (χ1) is 16.5. The van der Waals surface area contributed by atoms with E-state index in [0.717, 1.165) is 5.56 Å². The van der Waals surface area contributed by atoms with Gasteiger partial charge in [-0.3, -0.25) is 9.78 Å². The van der Waals surface area contributed by atoms with Crippen molar-refractivity contribution in [1.82, 2.24) is 9.97 Å². The fourth-order valence-corrected chi connectivity index (χ4v) is 3.59. The Kier molecular flexibility index (Phi) is 6.48. The van der Waals surface area contributed by atoms with E-state index in [-0.39, 0.29) is 27.8 Å². The Hall–Kier alpha value is -4.74. The van der Waals surface area contributed by atoms with Crippen molar-refractivity contribution < 1.29 is 9.90 Å². The number of hydrogen-bond donors (Lipinski definition) is 3. The summed E-state index contributed by atoms with van der Waals surface area (Å²) in [5, 5.41) is 22.9. The minimum Gasteiger partial charge on any atom is -0.478 e. The van der Waals surface area contributed by atoms with E-state index in [1.54, 1.807) is 36.4 Å². The normalized spacial score (nSPS) is 10.7. The number of aromatic amines is 1. The largest absolute Gasteiger partial charge is 0.478 e. The molecule has 0 atom stereocenters. The van der Waals surface area contributed by atoms with Crippen LogP contribution in [0, 0.1) is 11.3 Å². The molecule has 0 unspecified atom stereocenters. The van der Waals surface area contributed by atoms with Gasteiger partial charge in [0.15, 0.2) is 0 Å². The molecule has 4 aromatic rings. The smallest absolute Gasteiger partial charge is 0.337 e. The van der Waals surface area contributed by atoms with Gasteiger partial charge in [0.25, 0.3) is 5.56 Å². The van der Waals surface area contributed by atoms with E-state index in [2.05, 4.69) is 20.5 Å². The fraction of sp³-hybridized carbons (Fsp3) is 0. The van der Waals surface area contributed by atoms with Crippen molar-refractivity contribution in [3.8, 4) is 28.5 Å². The topological polar surface area (TPSA) is 131 Å². The molecule has 1 heterocycles. The van der Waals surface area contributed by atoms with Crippen LogP contribution in [0.5, 0.6) is 0 Å². The van der Waals surface area contributed by atoms with Gasteiger partial charge >= 0.3 is 5.97 Å². The van der Waals surface area contributed by atoms with Crippen LogP contribution in [0.15, 0.2) is 82.7 Å². The van der Waals surface area contributed by atoms with Crippen LogP contribution < -0.4 is 11.0 Å². The van der Waals surface area contributed by atoms with Crippen LogP contribution >= 0.6 is 11.6 Å². The second-order valence-corrected chi connectivity index (χ2v) is 7.48. The fourth-order valence-electron chi connectivity index (χ4n) is 3.33. The molecule has 0 amide bonds. The Morgan fingerprint density at radius 1 is 1.09 bits per heavy atom. The predicted molar refractivity (Wildman–Crippen MR) is 130 cm³/mol. The van der Waals surface area contributed by atoms with E-state index in [4.69, 9.17) is 11.6 Å². The lowest BCUT2D eigenvalue weighted by Gasteiger charge is -2.08. The number of rotatable bonds is 6. The number of nitrogens with one attached hydrogen (secondary N) is 2. The van der Waals surface area contributed by atoms with Gasteiger partial charge in [0.2, 0.25) is 5.95 Å². The number of benzene rings is 3. The van der Waals surface area contributed by atoms with Gasteiger partial charge in [-0.15, -0.1) is 0 Å². The van der Waals surface area contributed by atoms with Crippen LogP contribution in [0.2, 0.25) is 5.02 Å². The zero-order valence-electron chi connectivity index (χ0n) is 17.5. The van der Waals surface area contributed by atoms with Crippen molar-refractivity contribution in [2.75, 3.05) is 5.43 Å². The summed E-state index contributed by atoms with van der Waals surface area (Å²) in [6, 6.07) is 22.8. The maximum absolute atomic E-state index is 12.4. The number of halogens is 1. The quantitative estimate of drug-likeness (QED) is 0.275. The molecular weight excluding hydrogens is 454 g/mol. The van der Waals surface area contributed by atoms with Crippen molar-refractivity contribution in [2.45, 2.75) is 0 Å². The molecule has 0 fully saturated rings. The summed E-state index contributed by atoms with van der Waals surface area (Å²) in [4.78, 5) is 30.5. The monoisotopic (exact) mass is 469 g/mol. The van der Waals surface area contributed by atoms with Crippen LogP contribution in [-0.2, 0) is 0 Å². The number of carbonyl (C=O) groups is 1. The first kappa shape index (κ1) is 22.5. The van der Waals surface area contributed by atoms with Gasteiger partial charge in [-0.2, -0.15) is 10.4 Å². The molecular formula is C25H16ClN5O3. The second kappa shape index (κ2) is 9.81. The molecule has 0 aliphatic heterocycles. The third-order valence-corrected chi connectivity index (χ3v) is 5.24. The number of anilines is 1. The Balaban J connectivity index is 1.64. The molecule has 3 N–H and O–H groups in total. The van der Waals surface area contributed by atoms with Gasteiger partial charge in [-0.1, -0.05) is 72.3 Å². The van der Waals surface area contributed by atoms with Crippen molar-refractivity contribution in [2.24, 2.45) is 5.10 Å².